The molecule has 0 aromatic heterocycles. The minimum atomic E-state index is -0.725. The van der Waals surface area contributed by atoms with Crippen LogP contribution in [0.1, 0.15) is 24.8 Å². The largest absolute Gasteiger partial charge is 0.480 e. The highest BCUT2D eigenvalue weighted by Gasteiger charge is 2.44. The van der Waals surface area contributed by atoms with Crippen molar-refractivity contribution in [2.75, 3.05) is 7.05 Å². The lowest BCUT2D eigenvalue weighted by Crippen LogP contribution is -2.48. The molecule has 98 valence electrons. The summed E-state index contributed by atoms with van der Waals surface area (Å²) < 4.78 is 0. The fourth-order valence-corrected chi connectivity index (χ4v) is 3.91. The molecular formula is C14H19NO2S. The van der Waals surface area contributed by atoms with Gasteiger partial charge in [0.2, 0.25) is 0 Å². The van der Waals surface area contributed by atoms with Gasteiger partial charge in [-0.25, -0.2) is 0 Å². The third-order valence-electron chi connectivity index (χ3n) is 3.65. The monoisotopic (exact) mass is 265 g/mol. The van der Waals surface area contributed by atoms with Gasteiger partial charge in [0, 0.05) is 10.1 Å². The van der Waals surface area contributed by atoms with Crippen LogP contribution < -0.4 is 5.32 Å². The van der Waals surface area contributed by atoms with Gasteiger partial charge >= 0.3 is 5.97 Å². The summed E-state index contributed by atoms with van der Waals surface area (Å²) in [5.74, 6) is -0.725. The molecule has 1 fully saturated rings. The number of carboxylic acids is 1. The molecule has 2 atom stereocenters. The highest BCUT2D eigenvalue weighted by Crippen LogP contribution is 2.40. The number of hydrogen-bond acceptors (Lipinski definition) is 3. The first-order chi connectivity index (χ1) is 8.55. The van der Waals surface area contributed by atoms with Crippen LogP contribution in [0.3, 0.4) is 0 Å². The first-order valence-electron chi connectivity index (χ1n) is 6.21. The first-order valence-corrected chi connectivity index (χ1v) is 7.09. The molecule has 0 bridgehead atoms. The Labute approximate surface area is 112 Å². The molecule has 0 saturated heterocycles. The molecule has 0 radical (unpaired) electrons. The van der Waals surface area contributed by atoms with Gasteiger partial charge in [-0.2, -0.15) is 0 Å². The molecule has 1 aromatic carbocycles. The van der Waals surface area contributed by atoms with E-state index in [0.717, 1.165) is 6.42 Å². The molecule has 1 aliphatic rings. The van der Waals surface area contributed by atoms with Crippen LogP contribution in [0, 0.1) is 6.92 Å². The molecule has 2 rings (SSSR count). The Morgan fingerprint density at radius 1 is 1.56 bits per heavy atom. The molecule has 0 aliphatic heterocycles. The van der Waals surface area contributed by atoms with Gasteiger partial charge in [0.25, 0.3) is 0 Å². The number of nitrogens with one attached hydrogen (secondary N) is 1. The predicted molar refractivity (Wildman–Crippen MR) is 74.1 cm³/mol. The summed E-state index contributed by atoms with van der Waals surface area (Å²) in [4.78, 5) is 12.6. The van der Waals surface area contributed by atoms with Crippen molar-refractivity contribution in [2.45, 2.75) is 41.9 Å². The second-order valence-corrected chi connectivity index (χ2v) is 6.31. The van der Waals surface area contributed by atoms with Crippen molar-refractivity contribution in [3.8, 4) is 0 Å². The van der Waals surface area contributed by atoms with Crippen molar-refractivity contribution in [3.05, 3.63) is 29.8 Å². The molecule has 4 heteroatoms. The second kappa shape index (κ2) is 5.33. The third kappa shape index (κ3) is 2.70. The van der Waals surface area contributed by atoms with Crippen LogP contribution in [0.5, 0.6) is 0 Å². The summed E-state index contributed by atoms with van der Waals surface area (Å²) >= 11 is 1.80. The SMILES string of the molecule is CNC1(C(=O)O)CCC(Sc2cccc(C)c2)C1. The van der Waals surface area contributed by atoms with Gasteiger partial charge in [0.1, 0.15) is 5.54 Å². The number of carboxylic acid groups (broad SMARTS) is 1. The van der Waals surface area contributed by atoms with Gasteiger partial charge in [-0.05, 0) is 45.4 Å². The maximum absolute atomic E-state index is 11.3. The molecule has 2 N–H and O–H groups in total. The Balaban J connectivity index is 2.03. The summed E-state index contributed by atoms with van der Waals surface area (Å²) in [6.07, 6.45) is 2.35. The fraction of sp³-hybridized carbons (Fsp3) is 0.500. The van der Waals surface area contributed by atoms with E-state index in [9.17, 15) is 9.90 Å². The van der Waals surface area contributed by atoms with Crippen molar-refractivity contribution in [2.24, 2.45) is 0 Å². The van der Waals surface area contributed by atoms with Gasteiger partial charge in [0.05, 0.1) is 0 Å². The van der Waals surface area contributed by atoms with E-state index in [2.05, 4.69) is 36.5 Å². The average molecular weight is 265 g/mol. The zero-order valence-electron chi connectivity index (χ0n) is 10.8. The second-order valence-electron chi connectivity index (χ2n) is 4.94. The standard InChI is InChI=1S/C14H19NO2S/c1-10-4-3-5-11(8-10)18-12-6-7-14(9-12,15-2)13(16)17/h3-5,8,12,15H,6-7,9H2,1-2H3,(H,16,17). The number of carbonyl (C=O) groups is 1. The van der Waals surface area contributed by atoms with Crippen molar-refractivity contribution >= 4 is 17.7 Å². The summed E-state index contributed by atoms with van der Waals surface area (Å²) in [6, 6.07) is 8.38. The van der Waals surface area contributed by atoms with Gasteiger partial charge in [-0.15, -0.1) is 11.8 Å². The van der Waals surface area contributed by atoms with E-state index in [1.807, 2.05) is 0 Å². The number of likely N-dealkylation sites (N-methyl/N-ethyl adjacent to an activating group) is 1. The molecular weight excluding hydrogens is 246 g/mol. The van der Waals surface area contributed by atoms with E-state index >= 15 is 0 Å². The maximum Gasteiger partial charge on any atom is 0.323 e. The summed E-state index contributed by atoms with van der Waals surface area (Å²) in [5.41, 5.74) is 0.526. The molecule has 0 spiro atoms. The van der Waals surface area contributed by atoms with Gasteiger partial charge in [0.15, 0.2) is 0 Å². The molecule has 1 aliphatic carbocycles. The quantitative estimate of drug-likeness (QED) is 0.879. The predicted octanol–water partition coefficient (Wildman–Crippen LogP) is 2.68. The van der Waals surface area contributed by atoms with E-state index in [0.29, 0.717) is 18.1 Å². The van der Waals surface area contributed by atoms with Gasteiger partial charge in [-0.3, -0.25) is 4.79 Å². The zero-order valence-corrected chi connectivity index (χ0v) is 11.6. The maximum atomic E-state index is 11.3. The molecule has 18 heavy (non-hydrogen) atoms. The fourth-order valence-electron chi connectivity index (χ4n) is 2.51. The number of aliphatic carboxylic acids is 1. The van der Waals surface area contributed by atoms with Gasteiger partial charge in [-0.1, -0.05) is 17.7 Å². The van der Waals surface area contributed by atoms with Crippen LogP contribution in [0.4, 0.5) is 0 Å². The number of aryl methyl sites for hydroxylation is 1. The summed E-state index contributed by atoms with van der Waals surface area (Å²) in [7, 11) is 1.74. The molecule has 0 amide bonds. The van der Waals surface area contributed by atoms with E-state index in [1.165, 1.54) is 10.5 Å². The van der Waals surface area contributed by atoms with Crippen molar-refractivity contribution in [1.29, 1.82) is 0 Å². The van der Waals surface area contributed by atoms with Crippen LogP contribution in [-0.4, -0.2) is 28.9 Å². The first kappa shape index (κ1) is 13.4. The topological polar surface area (TPSA) is 49.3 Å². The van der Waals surface area contributed by atoms with Crippen molar-refractivity contribution in [1.82, 2.24) is 5.32 Å². The van der Waals surface area contributed by atoms with Crippen LogP contribution in [0.15, 0.2) is 29.2 Å². The Bertz CT molecular complexity index is 449. The van der Waals surface area contributed by atoms with Crippen LogP contribution >= 0.6 is 11.8 Å². The van der Waals surface area contributed by atoms with Crippen molar-refractivity contribution in [3.63, 3.8) is 0 Å². The van der Waals surface area contributed by atoms with E-state index in [4.69, 9.17) is 0 Å². The zero-order chi connectivity index (χ0) is 13.2. The van der Waals surface area contributed by atoms with E-state index in [-0.39, 0.29) is 0 Å². The molecule has 2 unspecified atom stereocenters. The smallest absolute Gasteiger partial charge is 0.323 e. The molecule has 0 heterocycles. The Hall–Kier alpha value is -1.00. The molecule has 3 nitrogen and oxygen atoms in total. The van der Waals surface area contributed by atoms with Crippen molar-refractivity contribution < 1.29 is 9.90 Å². The van der Waals surface area contributed by atoms with E-state index in [1.54, 1.807) is 18.8 Å². The lowest BCUT2D eigenvalue weighted by atomic mass is 9.99. The minimum absolute atomic E-state index is 0.385. The Kier molecular flexibility index (Phi) is 3.97. The van der Waals surface area contributed by atoms with Crippen LogP contribution in [0.2, 0.25) is 0 Å². The third-order valence-corrected chi connectivity index (χ3v) is 4.91. The van der Waals surface area contributed by atoms with E-state index < -0.39 is 11.5 Å². The Morgan fingerprint density at radius 2 is 2.33 bits per heavy atom. The lowest BCUT2D eigenvalue weighted by Gasteiger charge is -2.23. The lowest BCUT2D eigenvalue weighted by molar-refractivity contribution is -0.144. The van der Waals surface area contributed by atoms with Gasteiger partial charge < -0.3 is 10.4 Å². The normalized spacial score (nSPS) is 27.3. The highest BCUT2D eigenvalue weighted by molar-refractivity contribution is 8.00. The Morgan fingerprint density at radius 3 is 2.89 bits per heavy atom. The van der Waals surface area contributed by atoms with Crippen LogP contribution in [-0.2, 0) is 4.79 Å². The number of benzene rings is 1. The molecule has 1 saturated carbocycles. The number of hydrogen-bond donors (Lipinski definition) is 2. The summed E-state index contributed by atoms with van der Waals surface area (Å²) in [6.45, 7) is 2.08. The summed E-state index contributed by atoms with van der Waals surface area (Å²) in [5, 5.41) is 12.7. The number of thioether (sulfide) groups is 1. The number of rotatable bonds is 4. The molecule has 1 aromatic rings. The van der Waals surface area contributed by atoms with Crippen LogP contribution in [0.25, 0.3) is 0 Å². The highest BCUT2D eigenvalue weighted by atomic mass is 32.2. The minimum Gasteiger partial charge on any atom is -0.480 e. The average Bonchev–Trinajstić information content (AvgIpc) is 2.74.